The summed E-state index contributed by atoms with van der Waals surface area (Å²) >= 11 is 0. The van der Waals surface area contributed by atoms with Crippen LogP contribution in [0.5, 0.6) is 5.88 Å². The fourth-order valence-corrected chi connectivity index (χ4v) is 6.43. The van der Waals surface area contributed by atoms with Gasteiger partial charge in [0.2, 0.25) is 12.2 Å². The Labute approximate surface area is 242 Å². The van der Waals surface area contributed by atoms with Gasteiger partial charge < -0.3 is 40.1 Å². The highest BCUT2D eigenvalue weighted by atomic mass is 16.7. The molecule has 41 heavy (non-hydrogen) atoms. The van der Waals surface area contributed by atoms with E-state index in [1.807, 2.05) is 0 Å². The number of H-pyrrole nitrogens is 1. The van der Waals surface area contributed by atoms with Crippen LogP contribution in [0.4, 0.5) is 0 Å². The first-order valence-corrected chi connectivity index (χ1v) is 14.9. The van der Waals surface area contributed by atoms with E-state index in [-0.39, 0.29) is 11.8 Å². The number of rotatable bonds is 10. The number of aliphatic hydroxyl groups is 4. The number of nitrogens with one attached hydrogen (secondary N) is 2. The Morgan fingerprint density at radius 2 is 2.00 bits per heavy atom. The minimum atomic E-state index is -1.52. The molecule has 1 aromatic heterocycles. The third-order valence-electron chi connectivity index (χ3n) is 8.85. The zero-order valence-electron chi connectivity index (χ0n) is 24.4. The minimum absolute atomic E-state index is 0.142. The molecule has 0 bridgehead atoms. The number of hydrogen-bond acceptors (Lipinski definition) is 9. The summed E-state index contributed by atoms with van der Waals surface area (Å²) in [6.07, 6.45) is 1.90. The molecule has 1 unspecified atom stereocenters. The molecule has 2 aromatic rings. The van der Waals surface area contributed by atoms with Crippen molar-refractivity contribution in [3.8, 4) is 5.88 Å². The van der Waals surface area contributed by atoms with Crippen LogP contribution in [0.1, 0.15) is 67.0 Å². The quantitative estimate of drug-likeness (QED) is 0.252. The van der Waals surface area contributed by atoms with Gasteiger partial charge in [-0.15, -0.1) is 5.10 Å². The first-order valence-electron chi connectivity index (χ1n) is 14.9. The highest BCUT2D eigenvalue weighted by molar-refractivity contribution is 5.52. The van der Waals surface area contributed by atoms with Gasteiger partial charge in [-0.3, -0.25) is 5.10 Å². The molecule has 10 heteroatoms. The number of aromatic amines is 1. The minimum Gasteiger partial charge on any atom is -0.443 e. The molecule has 1 aromatic carbocycles. The summed E-state index contributed by atoms with van der Waals surface area (Å²) in [4.78, 5) is 2.56. The van der Waals surface area contributed by atoms with Crippen molar-refractivity contribution in [2.24, 2.45) is 5.41 Å². The van der Waals surface area contributed by atoms with Crippen LogP contribution in [0.25, 0.3) is 6.08 Å². The number of ether oxygens (including phenoxy) is 2. The van der Waals surface area contributed by atoms with E-state index < -0.39 is 37.3 Å². The fourth-order valence-electron chi connectivity index (χ4n) is 6.43. The van der Waals surface area contributed by atoms with Crippen LogP contribution in [-0.4, -0.2) is 106 Å². The molecule has 0 radical (unpaired) electrons. The molecular formula is C31H46N4O6. The molecule has 3 saturated heterocycles. The van der Waals surface area contributed by atoms with Gasteiger partial charge in [0.1, 0.15) is 24.4 Å². The Balaban J connectivity index is 1.21. The second kappa shape index (κ2) is 12.9. The molecule has 0 amide bonds. The zero-order valence-corrected chi connectivity index (χ0v) is 24.4. The molecule has 1 spiro atoms. The van der Waals surface area contributed by atoms with Crippen LogP contribution < -0.4 is 10.1 Å². The van der Waals surface area contributed by atoms with E-state index in [2.05, 4.69) is 71.5 Å². The van der Waals surface area contributed by atoms with Crippen molar-refractivity contribution in [1.29, 1.82) is 0 Å². The Kier molecular flexibility index (Phi) is 9.50. The Morgan fingerprint density at radius 3 is 2.68 bits per heavy atom. The average molecular weight is 571 g/mol. The number of aryl methyl sites for hydroxylation is 1. The van der Waals surface area contributed by atoms with E-state index in [0.717, 1.165) is 40.9 Å². The van der Waals surface area contributed by atoms with Gasteiger partial charge in [-0.2, -0.15) is 0 Å². The van der Waals surface area contributed by atoms with Crippen molar-refractivity contribution in [2.75, 3.05) is 39.3 Å². The predicted octanol–water partition coefficient (Wildman–Crippen LogP) is 1.70. The molecule has 5 rings (SSSR count). The second-order valence-electron chi connectivity index (χ2n) is 12.4. The predicted molar refractivity (Wildman–Crippen MR) is 156 cm³/mol. The summed E-state index contributed by atoms with van der Waals surface area (Å²) in [5.74, 6) is 0.404. The number of aromatic nitrogens is 2. The summed E-state index contributed by atoms with van der Waals surface area (Å²) in [7, 11) is 0. The standard InChI is InChI=1S/C31H46N4O6/c1-19(2)25-23(29(34-33-25)41-30-28(39)27(38)26(37)24(15-36)40-30)14-22-9-8-21(13-20(22)3)7-4-5-12-35-17-31(18-35)10-6-11-32-16-31/h4,7-9,13,19,24,26-28,30,32,36-39H,5-6,10-12,14-18H2,1-3H3,(H,33,34)/b7-4+/t24-,26-,27+,28-,30?/m1/s1. The van der Waals surface area contributed by atoms with Crippen LogP contribution in [-0.2, 0) is 11.2 Å². The molecule has 6 N–H and O–H groups in total. The highest BCUT2D eigenvalue weighted by Crippen LogP contribution is 2.36. The molecule has 3 aliphatic heterocycles. The van der Waals surface area contributed by atoms with Gasteiger partial charge in [-0.1, -0.05) is 44.2 Å². The second-order valence-corrected chi connectivity index (χ2v) is 12.4. The van der Waals surface area contributed by atoms with Crippen LogP contribution in [0.2, 0.25) is 0 Å². The maximum atomic E-state index is 10.5. The monoisotopic (exact) mass is 570 g/mol. The van der Waals surface area contributed by atoms with E-state index in [0.29, 0.717) is 11.8 Å². The van der Waals surface area contributed by atoms with Crippen molar-refractivity contribution in [3.05, 3.63) is 52.2 Å². The third kappa shape index (κ3) is 6.69. The van der Waals surface area contributed by atoms with Crippen molar-refractivity contribution >= 4 is 6.08 Å². The van der Waals surface area contributed by atoms with E-state index >= 15 is 0 Å². The summed E-state index contributed by atoms with van der Waals surface area (Å²) in [5, 5.41) is 51.2. The lowest BCUT2D eigenvalue weighted by Crippen LogP contribution is -2.62. The molecule has 10 nitrogen and oxygen atoms in total. The molecule has 3 fully saturated rings. The van der Waals surface area contributed by atoms with E-state index in [9.17, 15) is 20.4 Å². The van der Waals surface area contributed by atoms with Crippen LogP contribution >= 0.6 is 0 Å². The molecule has 5 atom stereocenters. The fraction of sp³-hybridized carbons (Fsp3) is 0.645. The van der Waals surface area contributed by atoms with Gasteiger partial charge in [0, 0.05) is 49.3 Å². The molecule has 226 valence electrons. The van der Waals surface area contributed by atoms with Crippen LogP contribution in [0.15, 0.2) is 24.3 Å². The maximum absolute atomic E-state index is 10.5. The van der Waals surface area contributed by atoms with Crippen molar-refractivity contribution in [1.82, 2.24) is 20.4 Å². The number of hydrogen-bond donors (Lipinski definition) is 6. The molecule has 4 heterocycles. The van der Waals surface area contributed by atoms with E-state index in [1.165, 1.54) is 39.0 Å². The summed E-state index contributed by atoms with van der Waals surface area (Å²) in [5.41, 5.74) is 5.71. The van der Waals surface area contributed by atoms with Gasteiger partial charge >= 0.3 is 0 Å². The van der Waals surface area contributed by atoms with Crippen molar-refractivity contribution < 1.29 is 29.9 Å². The van der Waals surface area contributed by atoms with E-state index in [4.69, 9.17) is 9.47 Å². The number of nitrogens with zero attached hydrogens (tertiary/aromatic N) is 2. The summed E-state index contributed by atoms with van der Waals surface area (Å²) in [6, 6.07) is 6.43. The maximum Gasteiger partial charge on any atom is 0.238 e. The van der Waals surface area contributed by atoms with Gasteiger partial charge in [-0.05, 0) is 55.3 Å². The highest BCUT2D eigenvalue weighted by Gasteiger charge is 2.45. The SMILES string of the molecule is Cc1cc(/C=C/CCN2CC3(CCCNC3)C2)ccc1Cc1c(OC2O[C@H](CO)[C@@H](O)[C@H](O)[C@H]2O)n[nH]c1C(C)C. The Bertz CT molecular complexity index is 1180. The molecule has 3 aliphatic rings. The van der Waals surface area contributed by atoms with Crippen LogP contribution in [0, 0.1) is 12.3 Å². The van der Waals surface area contributed by atoms with E-state index in [1.54, 1.807) is 0 Å². The summed E-state index contributed by atoms with van der Waals surface area (Å²) in [6.45, 7) is 11.6. The Morgan fingerprint density at radius 1 is 1.20 bits per heavy atom. The van der Waals surface area contributed by atoms with Crippen LogP contribution in [0.3, 0.4) is 0 Å². The average Bonchev–Trinajstić information content (AvgIpc) is 3.34. The topological polar surface area (TPSA) is 143 Å². The van der Waals surface area contributed by atoms with Gasteiger partial charge in [-0.25, -0.2) is 0 Å². The first kappa shape index (κ1) is 30.2. The number of aliphatic hydroxyl groups excluding tert-OH is 4. The smallest absolute Gasteiger partial charge is 0.238 e. The van der Waals surface area contributed by atoms with Gasteiger partial charge in [0.05, 0.1) is 6.61 Å². The lowest BCUT2D eigenvalue weighted by molar-refractivity contribution is -0.278. The lowest BCUT2D eigenvalue weighted by atomic mass is 9.74. The summed E-state index contributed by atoms with van der Waals surface area (Å²) < 4.78 is 11.5. The number of benzene rings is 1. The molecular weight excluding hydrogens is 524 g/mol. The number of piperidine rings is 1. The third-order valence-corrected chi connectivity index (χ3v) is 8.85. The van der Waals surface area contributed by atoms with Crippen molar-refractivity contribution in [2.45, 2.75) is 83.1 Å². The largest absolute Gasteiger partial charge is 0.443 e. The van der Waals surface area contributed by atoms with Crippen molar-refractivity contribution in [3.63, 3.8) is 0 Å². The first-order chi connectivity index (χ1) is 19.7. The molecule has 0 saturated carbocycles. The molecule has 0 aliphatic carbocycles. The Hall–Kier alpha value is -2.31. The zero-order chi connectivity index (χ0) is 29.1. The van der Waals surface area contributed by atoms with Gasteiger partial charge in [0.25, 0.3) is 0 Å². The van der Waals surface area contributed by atoms with Gasteiger partial charge in [0.15, 0.2) is 0 Å². The lowest BCUT2D eigenvalue weighted by Gasteiger charge is -2.52. The normalized spacial score (nSPS) is 28.4. The number of likely N-dealkylation sites (tertiary alicyclic amines) is 1.